The summed E-state index contributed by atoms with van der Waals surface area (Å²) in [6, 6.07) is 9.55. The highest BCUT2D eigenvalue weighted by Crippen LogP contribution is 2.43. The number of nitrogens with one attached hydrogen (secondary N) is 1. The number of nitriles is 1. The lowest BCUT2D eigenvalue weighted by Gasteiger charge is -2.35. The highest BCUT2D eigenvalue weighted by Gasteiger charge is 2.40. The first-order valence-electron chi connectivity index (χ1n) is 9.32. The number of carboxylic acids is 1. The summed E-state index contributed by atoms with van der Waals surface area (Å²) in [5.74, 6) is -1.45. The molecule has 0 radical (unpaired) electrons. The standard InChI is InChI=1S/C21H13BrF3N5O3/c1-10-16(18(31)32)17(14-6-5-11(9-26)7-15(14)22)30-19(27-28-20(30)33)29(10)13-4-2-3-12(8-13)21(23,24)25/h2-8,17H,1H3,(H,28,33)(H,31,32)/t17-/m1/s1. The fraction of sp³-hybridized carbons (Fsp3) is 0.143. The lowest BCUT2D eigenvalue weighted by atomic mass is 9.94. The molecule has 1 aliphatic heterocycles. The summed E-state index contributed by atoms with van der Waals surface area (Å²) in [7, 11) is 0. The van der Waals surface area contributed by atoms with E-state index in [1.54, 1.807) is 0 Å². The van der Waals surface area contributed by atoms with Crippen LogP contribution in [0.4, 0.5) is 24.8 Å². The molecular formula is C21H13BrF3N5O3. The monoisotopic (exact) mass is 519 g/mol. The van der Waals surface area contributed by atoms with Crippen LogP contribution in [0.15, 0.2) is 63.0 Å². The topological polar surface area (TPSA) is 115 Å². The minimum atomic E-state index is -4.62. The molecule has 3 aromatic rings. The highest BCUT2D eigenvalue weighted by molar-refractivity contribution is 9.10. The Morgan fingerprint density at radius 1 is 1.27 bits per heavy atom. The van der Waals surface area contributed by atoms with Crippen LogP contribution in [-0.2, 0) is 11.0 Å². The summed E-state index contributed by atoms with van der Waals surface area (Å²) in [5, 5.41) is 25.4. The number of fused-ring (bicyclic) bond motifs is 1. The van der Waals surface area contributed by atoms with Crippen LogP contribution in [0.2, 0.25) is 0 Å². The van der Waals surface area contributed by atoms with Crippen molar-refractivity contribution < 1.29 is 23.1 Å². The number of aromatic nitrogens is 3. The summed E-state index contributed by atoms with van der Waals surface area (Å²) in [5.41, 5.74) is -1.20. The van der Waals surface area contributed by atoms with Gasteiger partial charge in [-0.25, -0.2) is 19.3 Å². The summed E-state index contributed by atoms with van der Waals surface area (Å²) < 4.78 is 41.3. The van der Waals surface area contributed by atoms with E-state index in [0.29, 0.717) is 15.6 Å². The number of carboxylic acid groups (broad SMARTS) is 1. The maximum Gasteiger partial charge on any atom is 0.416 e. The average Bonchev–Trinajstić information content (AvgIpc) is 3.13. The van der Waals surface area contributed by atoms with Crippen LogP contribution >= 0.6 is 15.9 Å². The molecule has 2 N–H and O–H groups in total. The molecule has 0 spiro atoms. The molecule has 1 aliphatic rings. The van der Waals surface area contributed by atoms with Gasteiger partial charge in [-0.1, -0.05) is 28.1 Å². The zero-order valence-corrected chi connectivity index (χ0v) is 18.3. The second-order valence-electron chi connectivity index (χ2n) is 7.14. The second kappa shape index (κ2) is 7.93. The number of rotatable bonds is 3. The van der Waals surface area contributed by atoms with E-state index >= 15 is 0 Å². The molecule has 0 amide bonds. The molecule has 12 heteroatoms. The number of nitrogens with zero attached hydrogens (tertiary/aromatic N) is 4. The Labute approximate surface area is 192 Å². The number of H-pyrrole nitrogens is 1. The van der Waals surface area contributed by atoms with Crippen molar-refractivity contribution in [2.24, 2.45) is 0 Å². The minimum absolute atomic E-state index is 0.0151. The molecule has 0 fully saturated rings. The predicted octanol–water partition coefficient (Wildman–Crippen LogP) is 4.32. The molecule has 0 unspecified atom stereocenters. The Bertz CT molecular complexity index is 1420. The van der Waals surface area contributed by atoms with E-state index in [9.17, 15) is 27.9 Å². The Morgan fingerprint density at radius 3 is 2.61 bits per heavy atom. The smallest absolute Gasteiger partial charge is 0.416 e. The van der Waals surface area contributed by atoms with Gasteiger partial charge in [0.15, 0.2) is 0 Å². The number of halogens is 4. The van der Waals surface area contributed by atoms with Gasteiger partial charge in [-0.15, -0.1) is 5.10 Å². The van der Waals surface area contributed by atoms with Crippen LogP contribution in [-0.4, -0.2) is 25.8 Å². The van der Waals surface area contributed by atoms with E-state index in [1.807, 2.05) is 6.07 Å². The van der Waals surface area contributed by atoms with Gasteiger partial charge in [0.2, 0.25) is 5.95 Å². The van der Waals surface area contributed by atoms with Crippen LogP contribution < -0.4 is 10.6 Å². The van der Waals surface area contributed by atoms with E-state index in [-0.39, 0.29) is 22.9 Å². The third-order valence-corrected chi connectivity index (χ3v) is 5.92. The van der Waals surface area contributed by atoms with Gasteiger partial charge >= 0.3 is 17.8 Å². The molecule has 2 heterocycles. The summed E-state index contributed by atoms with van der Waals surface area (Å²) in [6.45, 7) is 1.43. The van der Waals surface area contributed by atoms with Crippen LogP contribution in [0, 0.1) is 11.3 Å². The molecule has 0 saturated heterocycles. The number of hydrogen-bond donors (Lipinski definition) is 2. The molecule has 1 atom stereocenters. The molecule has 1 aromatic heterocycles. The number of aliphatic carboxylic acids is 1. The highest BCUT2D eigenvalue weighted by atomic mass is 79.9. The Kier molecular flexibility index (Phi) is 5.37. The van der Waals surface area contributed by atoms with Crippen LogP contribution in [0.5, 0.6) is 0 Å². The van der Waals surface area contributed by atoms with Crippen LogP contribution in [0.25, 0.3) is 0 Å². The predicted molar refractivity (Wildman–Crippen MR) is 114 cm³/mol. The zero-order valence-electron chi connectivity index (χ0n) is 16.7. The SMILES string of the molecule is CC1=C(C(=O)O)[C@@H](c2ccc(C#N)cc2Br)n2c(n[nH]c2=O)N1c1cccc(C(F)(F)F)c1. The average molecular weight is 520 g/mol. The summed E-state index contributed by atoms with van der Waals surface area (Å²) in [6.07, 6.45) is -4.62. The van der Waals surface area contributed by atoms with Gasteiger partial charge in [0.1, 0.15) is 6.04 Å². The van der Waals surface area contributed by atoms with Crippen molar-refractivity contribution >= 4 is 33.5 Å². The molecule has 0 aliphatic carbocycles. The second-order valence-corrected chi connectivity index (χ2v) is 7.99. The third kappa shape index (κ3) is 3.70. The molecular weight excluding hydrogens is 507 g/mol. The van der Waals surface area contributed by atoms with Crippen molar-refractivity contribution in [2.45, 2.75) is 19.1 Å². The van der Waals surface area contributed by atoms with E-state index in [2.05, 4.69) is 26.1 Å². The van der Waals surface area contributed by atoms with E-state index in [0.717, 1.165) is 16.7 Å². The Morgan fingerprint density at radius 2 is 2.00 bits per heavy atom. The molecule has 0 saturated carbocycles. The van der Waals surface area contributed by atoms with Gasteiger partial charge < -0.3 is 5.11 Å². The Balaban J connectivity index is 2.01. The molecule has 33 heavy (non-hydrogen) atoms. The number of aromatic amines is 1. The van der Waals surface area contributed by atoms with Crippen molar-refractivity contribution in [3.8, 4) is 6.07 Å². The quantitative estimate of drug-likeness (QED) is 0.532. The molecule has 168 valence electrons. The van der Waals surface area contributed by atoms with Crippen molar-refractivity contribution in [2.75, 3.05) is 4.90 Å². The third-order valence-electron chi connectivity index (χ3n) is 5.23. The minimum Gasteiger partial charge on any atom is -0.478 e. The number of hydrogen-bond acceptors (Lipinski definition) is 5. The first-order chi connectivity index (χ1) is 15.5. The van der Waals surface area contributed by atoms with Crippen molar-refractivity contribution in [1.82, 2.24) is 14.8 Å². The van der Waals surface area contributed by atoms with Gasteiger partial charge in [-0.05, 0) is 42.8 Å². The van der Waals surface area contributed by atoms with E-state index in [1.165, 1.54) is 42.2 Å². The molecule has 2 aromatic carbocycles. The van der Waals surface area contributed by atoms with Gasteiger partial charge in [0.25, 0.3) is 0 Å². The lowest BCUT2D eigenvalue weighted by molar-refractivity contribution is -0.137. The van der Waals surface area contributed by atoms with Crippen LogP contribution in [0.3, 0.4) is 0 Å². The fourth-order valence-electron chi connectivity index (χ4n) is 3.80. The van der Waals surface area contributed by atoms with E-state index < -0.39 is 29.4 Å². The van der Waals surface area contributed by atoms with Gasteiger partial charge in [-0.2, -0.15) is 18.4 Å². The first kappa shape index (κ1) is 22.3. The number of allylic oxidation sites excluding steroid dienone is 1. The first-order valence-corrected chi connectivity index (χ1v) is 10.1. The number of carbonyl (C=O) groups is 1. The van der Waals surface area contributed by atoms with Gasteiger partial charge in [0.05, 0.1) is 22.8 Å². The zero-order chi connectivity index (χ0) is 24.1. The van der Waals surface area contributed by atoms with Crippen molar-refractivity contribution in [3.05, 3.63) is 85.4 Å². The van der Waals surface area contributed by atoms with Crippen molar-refractivity contribution in [3.63, 3.8) is 0 Å². The largest absolute Gasteiger partial charge is 0.478 e. The van der Waals surface area contributed by atoms with E-state index in [4.69, 9.17) is 5.26 Å². The maximum atomic E-state index is 13.3. The number of anilines is 2. The summed E-state index contributed by atoms with van der Waals surface area (Å²) in [4.78, 5) is 26.3. The van der Waals surface area contributed by atoms with Crippen LogP contribution in [0.1, 0.15) is 29.7 Å². The Hall–Kier alpha value is -3.85. The van der Waals surface area contributed by atoms with Crippen molar-refractivity contribution in [1.29, 1.82) is 5.26 Å². The molecule has 8 nitrogen and oxygen atoms in total. The van der Waals surface area contributed by atoms with Gasteiger partial charge in [-0.3, -0.25) is 4.90 Å². The maximum absolute atomic E-state index is 13.3. The normalized spacial score (nSPS) is 15.9. The summed E-state index contributed by atoms with van der Waals surface area (Å²) >= 11 is 3.32. The fourth-order valence-corrected chi connectivity index (χ4v) is 4.40. The number of alkyl halides is 3. The van der Waals surface area contributed by atoms with Gasteiger partial charge in [0, 0.05) is 15.9 Å². The lowest BCUT2D eigenvalue weighted by Crippen LogP contribution is -2.37. The molecule has 4 rings (SSSR count). The number of benzene rings is 2. The molecule has 0 bridgehead atoms.